The second-order valence-electron chi connectivity index (χ2n) is 2.48. The van der Waals surface area contributed by atoms with Crippen molar-refractivity contribution in [3.63, 3.8) is 0 Å². The predicted molar refractivity (Wildman–Crippen MR) is 50.8 cm³/mol. The van der Waals surface area contributed by atoms with Gasteiger partial charge >= 0.3 is 0 Å². The number of nitro groups is 1. The van der Waals surface area contributed by atoms with Crippen LogP contribution in [0.5, 0.6) is 0 Å². The number of nitrogens with one attached hydrogen (secondary N) is 1. The summed E-state index contributed by atoms with van der Waals surface area (Å²) in [5.74, 6) is -0.338. The predicted octanol–water partition coefficient (Wildman–Crippen LogP) is 1.47. The molecule has 0 aliphatic rings. The second kappa shape index (κ2) is 4.18. The molecule has 0 bridgehead atoms. The van der Waals surface area contributed by atoms with Crippen molar-refractivity contribution in [3.8, 4) is 0 Å². The molecule has 0 aliphatic carbocycles. The molecule has 0 fully saturated rings. The third-order valence-electron chi connectivity index (χ3n) is 1.57. The van der Waals surface area contributed by atoms with E-state index in [0.717, 1.165) is 0 Å². The van der Waals surface area contributed by atoms with Crippen molar-refractivity contribution in [2.24, 2.45) is 0 Å². The summed E-state index contributed by atoms with van der Waals surface area (Å²) in [6, 6.07) is 5.32. The maximum atomic E-state index is 11.2. The van der Waals surface area contributed by atoms with Gasteiger partial charge in [-0.3, -0.25) is 14.9 Å². The molecule has 1 aromatic carbocycles. The molecule has 72 valence electrons. The van der Waals surface area contributed by atoms with Gasteiger partial charge in [-0.1, -0.05) is 6.58 Å². The highest BCUT2D eigenvalue weighted by Gasteiger charge is 2.07. The van der Waals surface area contributed by atoms with Crippen LogP contribution >= 0.6 is 0 Å². The third-order valence-corrected chi connectivity index (χ3v) is 1.57. The molecular formula is C9H8N2O3. The van der Waals surface area contributed by atoms with E-state index in [1.54, 1.807) is 0 Å². The van der Waals surface area contributed by atoms with Crippen LogP contribution in [0.4, 0.5) is 5.69 Å². The number of nitro benzene ring substituents is 1. The van der Waals surface area contributed by atoms with Crippen molar-refractivity contribution in [2.75, 3.05) is 0 Å². The lowest BCUT2D eigenvalue weighted by molar-refractivity contribution is -0.384. The van der Waals surface area contributed by atoms with Crippen LogP contribution in [0.1, 0.15) is 10.4 Å². The summed E-state index contributed by atoms with van der Waals surface area (Å²) in [5, 5.41) is 12.7. The van der Waals surface area contributed by atoms with Gasteiger partial charge < -0.3 is 5.32 Å². The van der Waals surface area contributed by atoms with E-state index >= 15 is 0 Å². The number of amides is 1. The van der Waals surface area contributed by atoms with Crippen molar-refractivity contribution < 1.29 is 9.72 Å². The van der Waals surface area contributed by atoms with Crippen molar-refractivity contribution >= 4 is 11.6 Å². The van der Waals surface area contributed by atoms with Gasteiger partial charge in [0.05, 0.1) is 4.92 Å². The molecule has 1 rings (SSSR count). The summed E-state index contributed by atoms with van der Waals surface area (Å²) in [4.78, 5) is 21.0. The highest BCUT2D eigenvalue weighted by atomic mass is 16.6. The van der Waals surface area contributed by atoms with Gasteiger partial charge in [0.2, 0.25) is 0 Å². The summed E-state index contributed by atoms with van der Waals surface area (Å²) in [5.41, 5.74) is 0.315. The van der Waals surface area contributed by atoms with Gasteiger partial charge in [0.25, 0.3) is 11.6 Å². The first-order valence-electron chi connectivity index (χ1n) is 3.81. The summed E-state index contributed by atoms with van der Waals surface area (Å²) in [6.07, 6.45) is 1.25. The van der Waals surface area contributed by atoms with E-state index in [4.69, 9.17) is 0 Å². The minimum Gasteiger partial charge on any atom is -0.329 e. The summed E-state index contributed by atoms with van der Waals surface area (Å²) >= 11 is 0. The van der Waals surface area contributed by atoms with Crippen LogP contribution < -0.4 is 5.32 Å². The molecule has 0 heterocycles. The molecule has 0 saturated carbocycles. The lowest BCUT2D eigenvalue weighted by atomic mass is 10.2. The summed E-state index contributed by atoms with van der Waals surface area (Å²) in [7, 11) is 0. The highest BCUT2D eigenvalue weighted by Crippen LogP contribution is 2.11. The Labute approximate surface area is 80.2 Å². The average molecular weight is 192 g/mol. The maximum absolute atomic E-state index is 11.2. The van der Waals surface area contributed by atoms with E-state index in [-0.39, 0.29) is 11.6 Å². The van der Waals surface area contributed by atoms with Crippen LogP contribution in [0.25, 0.3) is 0 Å². The first kappa shape index (κ1) is 9.91. The fourth-order valence-electron chi connectivity index (χ4n) is 0.911. The molecular weight excluding hydrogens is 184 g/mol. The van der Waals surface area contributed by atoms with Crippen LogP contribution in [0.2, 0.25) is 0 Å². The van der Waals surface area contributed by atoms with Gasteiger partial charge in [0.1, 0.15) is 0 Å². The first-order chi connectivity index (χ1) is 6.65. The molecule has 5 heteroatoms. The Bertz CT molecular complexity index is 370. The molecule has 0 spiro atoms. The number of benzene rings is 1. The van der Waals surface area contributed by atoms with Gasteiger partial charge in [0, 0.05) is 17.7 Å². The fraction of sp³-hybridized carbons (Fsp3) is 0. The Kier molecular flexibility index (Phi) is 2.96. The van der Waals surface area contributed by atoms with Crippen LogP contribution in [0, 0.1) is 10.1 Å². The van der Waals surface area contributed by atoms with Crippen LogP contribution in [-0.4, -0.2) is 10.8 Å². The Hall–Kier alpha value is -2.17. The van der Waals surface area contributed by atoms with Crippen molar-refractivity contribution in [3.05, 3.63) is 52.7 Å². The number of non-ortho nitro benzene ring substituents is 1. The number of nitrogens with zero attached hydrogens (tertiary/aromatic N) is 1. The van der Waals surface area contributed by atoms with Crippen molar-refractivity contribution in [1.82, 2.24) is 5.32 Å². The van der Waals surface area contributed by atoms with Gasteiger partial charge in [-0.15, -0.1) is 0 Å². The molecule has 1 N–H and O–H groups in total. The van der Waals surface area contributed by atoms with Gasteiger partial charge in [-0.25, -0.2) is 0 Å². The lowest BCUT2D eigenvalue weighted by Gasteiger charge is -1.98. The Morgan fingerprint density at radius 3 is 2.43 bits per heavy atom. The quantitative estimate of drug-likeness (QED) is 0.582. The molecule has 0 radical (unpaired) electrons. The molecule has 5 nitrogen and oxygen atoms in total. The molecule has 0 saturated heterocycles. The van der Waals surface area contributed by atoms with Gasteiger partial charge in [0.15, 0.2) is 0 Å². The van der Waals surface area contributed by atoms with E-state index in [1.807, 2.05) is 0 Å². The number of carbonyl (C=O) groups excluding carboxylic acids is 1. The van der Waals surface area contributed by atoms with E-state index in [0.29, 0.717) is 5.56 Å². The van der Waals surface area contributed by atoms with E-state index < -0.39 is 4.92 Å². The standard InChI is InChI=1S/C9H8N2O3/c1-2-10-9(12)7-3-5-8(6-4-7)11(13)14/h2-6H,1H2,(H,10,12). The Morgan fingerprint density at radius 1 is 1.43 bits per heavy atom. The first-order valence-corrected chi connectivity index (χ1v) is 3.81. The minimum absolute atomic E-state index is 0.0415. The molecule has 0 aromatic heterocycles. The molecule has 0 aliphatic heterocycles. The molecule has 1 amide bonds. The van der Waals surface area contributed by atoms with E-state index in [1.165, 1.54) is 30.5 Å². The zero-order chi connectivity index (χ0) is 10.6. The van der Waals surface area contributed by atoms with Crippen LogP contribution in [0.3, 0.4) is 0 Å². The minimum atomic E-state index is -0.519. The monoisotopic (exact) mass is 192 g/mol. The largest absolute Gasteiger partial charge is 0.329 e. The second-order valence-corrected chi connectivity index (χ2v) is 2.48. The summed E-state index contributed by atoms with van der Waals surface area (Å²) in [6.45, 7) is 3.33. The smallest absolute Gasteiger partial charge is 0.269 e. The third kappa shape index (κ3) is 2.16. The number of carbonyl (C=O) groups is 1. The lowest BCUT2D eigenvalue weighted by Crippen LogP contribution is -2.16. The average Bonchev–Trinajstić information content (AvgIpc) is 2.18. The normalized spacial score (nSPS) is 9.14. The molecule has 1 aromatic rings. The number of rotatable bonds is 3. The Morgan fingerprint density at radius 2 is 2.00 bits per heavy atom. The van der Waals surface area contributed by atoms with E-state index in [2.05, 4.69) is 11.9 Å². The maximum Gasteiger partial charge on any atom is 0.269 e. The molecule has 0 unspecified atom stereocenters. The molecule has 0 atom stereocenters. The summed E-state index contributed by atoms with van der Waals surface area (Å²) < 4.78 is 0. The number of hydrogen-bond donors (Lipinski definition) is 1. The highest BCUT2D eigenvalue weighted by molar-refractivity contribution is 5.94. The topological polar surface area (TPSA) is 72.2 Å². The fourth-order valence-corrected chi connectivity index (χ4v) is 0.911. The molecule has 14 heavy (non-hydrogen) atoms. The number of hydrogen-bond acceptors (Lipinski definition) is 3. The van der Waals surface area contributed by atoms with E-state index in [9.17, 15) is 14.9 Å². The van der Waals surface area contributed by atoms with Gasteiger partial charge in [-0.05, 0) is 18.3 Å². The zero-order valence-corrected chi connectivity index (χ0v) is 7.27. The van der Waals surface area contributed by atoms with Crippen LogP contribution in [-0.2, 0) is 0 Å². The Balaban J connectivity index is 2.88. The van der Waals surface area contributed by atoms with Crippen molar-refractivity contribution in [2.45, 2.75) is 0 Å². The van der Waals surface area contributed by atoms with Crippen LogP contribution in [0.15, 0.2) is 37.0 Å². The SMILES string of the molecule is C=CNC(=O)c1ccc([N+](=O)[O-])cc1. The zero-order valence-electron chi connectivity index (χ0n) is 7.27. The van der Waals surface area contributed by atoms with Crippen molar-refractivity contribution in [1.29, 1.82) is 0 Å². The van der Waals surface area contributed by atoms with Gasteiger partial charge in [-0.2, -0.15) is 0 Å².